The van der Waals surface area contributed by atoms with Gasteiger partial charge in [-0.25, -0.2) is 4.79 Å². The quantitative estimate of drug-likeness (QED) is 0.174. The van der Waals surface area contributed by atoms with E-state index in [1.165, 1.54) is 4.90 Å². The van der Waals surface area contributed by atoms with Crippen LogP contribution in [0.2, 0.25) is 0 Å². The van der Waals surface area contributed by atoms with Gasteiger partial charge in [0.2, 0.25) is 0 Å². The Hall–Kier alpha value is -4.39. The third-order valence-corrected chi connectivity index (χ3v) is 6.38. The van der Waals surface area contributed by atoms with Crippen LogP contribution >= 0.6 is 0 Å². The monoisotopic (exact) mass is 513 g/mol. The second-order valence-corrected chi connectivity index (χ2v) is 9.08. The molecule has 4 rings (SSSR count). The lowest BCUT2D eigenvalue weighted by Crippen LogP contribution is -2.29. The van der Waals surface area contributed by atoms with Gasteiger partial charge in [-0.05, 0) is 67.3 Å². The zero-order valence-corrected chi connectivity index (χ0v) is 21.8. The van der Waals surface area contributed by atoms with Crippen LogP contribution in [-0.4, -0.2) is 40.9 Å². The van der Waals surface area contributed by atoms with Crippen LogP contribution in [0.4, 0.5) is 0 Å². The van der Waals surface area contributed by atoms with Crippen molar-refractivity contribution in [3.05, 3.63) is 106 Å². The summed E-state index contributed by atoms with van der Waals surface area (Å²) < 4.78 is 10.8. The molecule has 0 radical (unpaired) electrons. The maximum Gasteiger partial charge on any atom is 0.338 e. The van der Waals surface area contributed by atoms with Crippen LogP contribution < -0.4 is 4.74 Å². The highest BCUT2D eigenvalue weighted by atomic mass is 16.5. The van der Waals surface area contributed by atoms with E-state index >= 15 is 0 Å². The summed E-state index contributed by atoms with van der Waals surface area (Å²) in [4.78, 5) is 40.1. The number of aryl methyl sites for hydroxylation is 1. The Morgan fingerprint density at radius 1 is 0.947 bits per heavy atom. The maximum absolute atomic E-state index is 13.3. The summed E-state index contributed by atoms with van der Waals surface area (Å²) in [7, 11) is 0. The molecule has 1 aliphatic rings. The van der Waals surface area contributed by atoms with Crippen LogP contribution in [0, 0.1) is 6.92 Å². The first-order valence-electron chi connectivity index (χ1n) is 12.7. The summed E-state index contributed by atoms with van der Waals surface area (Å²) in [6.07, 6.45) is 0.868. The van der Waals surface area contributed by atoms with Gasteiger partial charge in [0.15, 0.2) is 0 Å². The van der Waals surface area contributed by atoms with E-state index in [1.807, 2.05) is 44.2 Å². The number of ketones is 1. The van der Waals surface area contributed by atoms with Crippen molar-refractivity contribution in [2.24, 2.45) is 0 Å². The summed E-state index contributed by atoms with van der Waals surface area (Å²) in [5.74, 6) is -1.40. The van der Waals surface area contributed by atoms with Gasteiger partial charge in [0.1, 0.15) is 11.5 Å². The molecule has 3 aromatic carbocycles. The van der Waals surface area contributed by atoms with E-state index in [4.69, 9.17) is 9.47 Å². The number of benzene rings is 3. The Kier molecular flexibility index (Phi) is 8.26. The fourth-order valence-corrected chi connectivity index (χ4v) is 4.51. The molecule has 1 amide bonds. The summed E-state index contributed by atoms with van der Waals surface area (Å²) >= 11 is 0. The van der Waals surface area contributed by atoms with Gasteiger partial charge in [-0.3, -0.25) is 9.59 Å². The normalized spacial score (nSPS) is 16.5. The van der Waals surface area contributed by atoms with E-state index in [9.17, 15) is 19.5 Å². The number of carbonyl (C=O) groups is 3. The topological polar surface area (TPSA) is 93.1 Å². The lowest BCUT2D eigenvalue weighted by Gasteiger charge is -2.25. The highest BCUT2D eigenvalue weighted by Gasteiger charge is 2.46. The first-order valence-corrected chi connectivity index (χ1v) is 12.7. The molecular formula is C31H31NO6. The number of nitrogens with zero attached hydrogens (tertiary/aromatic N) is 1. The Morgan fingerprint density at radius 2 is 1.63 bits per heavy atom. The molecule has 38 heavy (non-hydrogen) atoms. The molecule has 7 heteroatoms. The van der Waals surface area contributed by atoms with Crippen LogP contribution in [0.25, 0.3) is 5.76 Å². The van der Waals surface area contributed by atoms with E-state index in [-0.39, 0.29) is 24.5 Å². The number of amides is 1. The van der Waals surface area contributed by atoms with Gasteiger partial charge in [-0.1, -0.05) is 49.4 Å². The standard InChI is InChI=1S/C31H31NO6/c1-4-17-38-25-16-15-24(18-20(25)3)28(33)26-27(22-9-7-6-8-10-22)32(30(35)29(26)34)19-21-11-13-23(14-12-21)31(36)37-5-2/h6-16,18,27,33H,4-5,17,19H2,1-3H3/b28-26-. The molecular weight excluding hydrogens is 482 g/mol. The van der Waals surface area contributed by atoms with Crippen molar-refractivity contribution in [3.8, 4) is 5.75 Å². The van der Waals surface area contributed by atoms with Gasteiger partial charge in [0.05, 0.1) is 30.4 Å². The van der Waals surface area contributed by atoms with E-state index in [0.29, 0.717) is 29.0 Å². The molecule has 3 aromatic rings. The molecule has 1 heterocycles. The third kappa shape index (κ3) is 5.47. The Balaban J connectivity index is 1.72. The third-order valence-electron chi connectivity index (χ3n) is 6.38. The molecule has 0 bridgehead atoms. The second kappa shape index (κ2) is 11.8. The molecule has 0 aromatic heterocycles. The average molecular weight is 514 g/mol. The second-order valence-electron chi connectivity index (χ2n) is 9.08. The zero-order valence-electron chi connectivity index (χ0n) is 21.8. The Bertz CT molecular complexity index is 1360. The minimum atomic E-state index is -0.780. The molecule has 0 saturated carbocycles. The minimum absolute atomic E-state index is 0.0333. The van der Waals surface area contributed by atoms with E-state index in [2.05, 4.69) is 0 Å². The number of hydrogen-bond acceptors (Lipinski definition) is 6. The van der Waals surface area contributed by atoms with Gasteiger partial charge in [0.25, 0.3) is 11.7 Å². The Labute approximate surface area is 222 Å². The number of hydrogen-bond donors (Lipinski definition) is 1. The minimum Gasteiger partial charge on any atom is -0.507 e. The van der Waals surface area contributed by atoms with Crippen LogP contribution in [0.1, 0.15) is 58.9 Å². The average Bonchev–Trinajstić information content (AvgIpc) is 3.18. The largest absolute Gasteiger partial charge is 0.507 e. The molecule has 0 aliphatic carbocycles. The smallest absolute Gasteiger partial charge is 0.338 e. The van der Waals surface area contributed by atoms with Crippen LogP contribution in [0.3, 0.4) is 0 Å². The van der Waals surface area contributed by atoms with Crippen molar-refractivity contribution in [1.82, 2.24) is 4.90 Å². The van der Waals surface area contributed by atoms with Gasteiger partial charge in [-0.15, -0.1) is 0 Å². The predicted molar refractivity (Wildman–Crippen MR) is 144 cm³/mol. The lowest BCUT2D eigenvalue weighted by atomic mass is 9.94. The molecule has 1 N–H and O–H groups in total. The van der Waals surface area contributed by atoms with Crippen LogP contribution in [-0.2, 0) is 20.9 Å². The van der Waals surface area contributed by atoms with Gasteiger partial charge in [0, 0.05) is 12.1 Å². The lowest BCUT2D eigenvalue weighted by molar-refractivity contribution is -0.140. The van der Waals surface area contributed by atoms with E-state index < -0.39 is 23.7 Å². The molecule has 0 spiro atoms. The van der Waals surface area contributed by atoms with Crippen LogP contribution in [0.15, 0.2) is 78.4 Å². The van der Waals surface area contributed by atoms with E-state index in [0.717, 1.165) is 17.5 Å². The fraction of sp³-hybridized carbons (Fsp3) is 0.258. The predicted octanol–water partition coefficient (Wildman–Crippen LogP) is 5.58. The molecule has 1 atom stereocenters. The van der Waals surface area contributed by atoms with Crippen LogP contribution in [0.5, 0.6) is 5.75 Å². The Morgan fingerprint density at radius 3 is 2.26 bits per heavy atom. The number of esters is 1. The van der Waals surface area contributed by atoms with Gasteiger partial charge < -0.3 is 19.5 Å². The maximum atomic E-state index is 13.3. The highest BCUT2D eigenvalue weighted by molar-refractivity contribution is 6.46. The van der Waals surface area contributed by atoms with E-state index in [1.54, 1.807) is 49.4 Å². The SMILES string of the molecule is CCCOc1ccc(/C(O)=C2/C(=O)C(=O)N(Cc3ccc(C(=O)OCC)cc3)C2c2ccccc2)cc1C. The molecule has 1 fully saturated rings. The molecule has 1 aliphatic heterocycles. The van der Waals surface area contributed by atoms with Crippen molar-refractivity contribution in [1.29, 1.82) is 0 Å². The summed E-state index contributed by atoms with van der Waals surface area (Å²) in [6, 6.07) is 20.3. The van der Waals surface area contributed by atoms with Gasteiger partial charge in [-0.2, -0.15) is 0 Å². The van der Waals surface area contributed by atoms with Crippen molar-refractivity contribution < 1.29 is 29.0 Å². The summed E-state index contributed by atoms with van der Waals surface area (Å²) in [5, 5.41) is 11.4. The summed E-state index contributed by atoms with van der Waals surface area (Å²) in [5.41, 5.74) is 3.12. The molecule has 1 saturated heterocycles. The summed E-state index contributed by atoms with van der Waals surface area (Å²) in [6.45, 7) is 6.60. The molecule has 7 nitrogen and oxygen atoms in total. The first-order chi connectivity index (χ1) is 18.3. The van der Waals surface area contributed by atoms with Crippen molar-refractivity contribution in [2.75, 3.05) is 13.2 Å². The highest BCUT2D eigenvalue weighted by Crippen LogP contribution is 2.40. The number of likely N-dealkylation sites (tertiary alicyclic amines) is 1. The number of Topliss-reactive ketones (excluding diaryl/α,β-unsaturated/α-hetero) is 1. The number of aliphatic hydroxyl groups is 1. The molecule has 1 unspecified atom stereocenters. The molecule has 196 valence electrons. The van der Waals surface area contributed by atoms with Crippen molar-refractivity contribution in [2.45, 2.75) is 39.8 Å². The van der Waals surface area contributed by atoms with Crippen molar-refractivity contribution >= 4 is 23.4 Å². The number of rotatable bonds is 9. The van der Waals surface area contributed by atoms with Crippen molar-refractivity contribution in [3.63, 3.8) is 0 Å². The van der Waals surface area contributed by atoms with Gasteiger partial charge >= 0.3 is 5.97 Å². The fourth-order valence-electron chi connectivity index (χ4n) is 4.51. The zero-order chi connectivity index (χ0) is 27.2. The first kappa shape index (κ1) is 26.7. The number of carbonyl (C=O) groups excluding carboxylic acids is 3. The number of ether oxygens (including phenoxy) is 2. The number of aliphatic hydroxyl groups excluding tert-OH is 1.